The first-order valence-corrected chi connectivity index (χ1v) is 6.34. The van der Waals surface area contributed by atoms with Gasteiger partial charge in [0, 0.05) is 18.4 Å². The quantitative estimate of drug-likeness (QED) is 0.801. The molecule has 1 aromatic carbocycles. The first kappa shape index (κ1) is 11.1. The van der Waals surface area contributed by atoms with Crippen molar-refractivity contribution in [2.75, 3.05) is 23.0 Å². The number of hydrogen-bond acceptors (Lipinski definition) is 3. The number of rotatable bonds is 2. The molecule has 0 amide bonds. The smallest absolute Gasteiger partial charge is 0.154 e. The molecule has 3 rings (SSSR count). The maximum absolute atomic E-state index is 4.50. The lowest BCUT2D eigenvalue weighted by Crippen LogP contribution is -2.28. The molecule has 18 heavy (non-hydrogen) atoms. The van der Waals surface area contributed by atoms with Crippen LogP contribution in [-0.2, 0) is 0 Å². The van der Waals surface area contributed by atoms with Crippen molar-refractivity contribution in [3.63, 3.8) is 0 Å². The molecular weight excluding hydrogens is 222 g/mol. The van der Waals surface area contributed by atoms with E-state index in [0.717, 1.165) is 19.0 Å². The highest BCUT2D eigenvalue weighted by atomic mass is 15.4. The molecule has 3 heteroatoms. The highest BCUT2D eigenvalue weighted by Gasteiger charge is 2.27. The second kappa shape index (κ2) is 4.33. The summed E-state index contributed by atoms with van der Waals surface area (Å²) in [5.74, 6) is 1.09. The number of fused-ring (bicyclic) bond motifs is 1. The summed E-state index contributed by atoms with van der Waals surface area (Å²) in [6.07, 6.45) is 1.86. The van der Waals surface area contributed by atoms with Crippen molar-refractivity contribution in [1.29, 1.82) is 0 Å². The van der Waals surface area contributed by atoms with Gasteiger partial charge in [0.05, 0.1) is 12.4 Å². The van der Waals surface area contributed by atoms with Gasteiger partial charge in [-0.05, 0) is 37.6 Å². The van der Waals surface area contributed by atoms with Gasteiger partial charge < -0.3 is 9.80 Å². The zero-order chi connectivity index (χ0) is 12.5. The molecule has 0 saturated heterocycles. The zero-order valence-corrected chi connectivity index (χ0v) is 10.8. The molecule has 1 aliphatic heterocycles. The van der Waals surface area contributed by atoms with Crippen LogP contribution in [0.4, 0.5) is 17.2 Å². The Labute approximate surface area is 108 Å². The van der Waals surface area contributed by atoms with Crippen molar-refractivity contribution in [3.8, 4) is 0 Å². The van der Waals surface area contributed by atoms with E-state index in [-0.39, 0.29) is 0 Å². The van der Waals surface area contributed by atoms with E-state index in [4.69, 9.17) is 0 Å². The number of para-hydroxylation sites is 1. The first-order valence-electron chi connectivity index (χ1n) is 6.34. The van der Waals surface area contributed by atoms with E-state index in [1.165, 1.54) is 16.9 Å². The average molecular weight is 239 g/mol. The summed E-state index contributed by atoms with van der Waals surface area (Å²) in [6, 6.07) is 12.6. The maximum atomic E-state index is 4.50. The third-order valence-corrected chi connectivity index (χ3v) is 3.46. The second-order valence-corrected chi connectivity index (χ2v) is 4.56. The van der Waals surface area contributed by atoms with Crippen LogP contribution in [0.2, 0.25) is 0 Å². The predicted octanol–water partition coefficient (Wildman–Crippen LogP) is 3.33. The van der Waals surface area contributed by atoms with Crippen LogP contribution < -0.4 is 9.80 Å². The lowest BCUT2D eigenvalue weighted by atomic mass is 10.2. The molecule has 1 aromatic heterocycles. The van der Waals surface area contributed by atoms with E-state index in [1.54, 1.807) is 0 Å². The van der Waals surface area contributed by atoms with Gasteiger partial charge in [0.25, 0.3) is 0 Å². The Bertz CT molecular complexity index is 565. The number of aryl methyl sites for hydroxylation is 1. The largest absolute Gasteiger partial charge is 0.337 e. The van der Waals surface area contributed by atoms with Crippen molar-refractivity contribution in [3.05, 3.63) is 48.2 Å². The van der Waals surface area contributed by atoms with Gasteiger partial charge in [-0.1, -0.05) is 18.2 Å². The topological polar surface area (TPSA) is 19.4 Å². The fourth-order valence-corrected chi connectivity index (χ4v) is 2.48. The van der Waals surface area contributed by atoms with Crippen molar-refractivity contribution < 1.29 is 0 Å². The molecule has 1 aliphatic rings. The third-order valence-electron chi connectivity index (χ3n) is 3.46. The zero-order valence-electron chi connectivity index (χ0n) is 10.8. The monoisotopic (exact) mass is 239 g/mol. The molecule has 3 nitrogen and oxygen atoms in total. The number of nitrogens with zero attached hydrogens (tertiary/aromatic N) is 3. The van der Waals surface area contributed by atoms with Crippen molar-refractivity contribution >= 4 is 17.2 Å². The maximum Gasteiger partial charge on any atom is 0.154 e. The minimum Gasteiger partial charge on any atom is -0.337 e. The predicted molar refractivity (Wildman–Crippen MR) is 75.4 cm³/mol. The lowest BCUT2D eigenvalue weighted by molar-refractivity contribution is 0.852. The van der Waals surface area contributed by atoms with Crippen LogP contribution in [0, 0.1) is 6.92 Å². The Morgan fingerprint density at radius 1 is 1.11 bits per heavy atom. The van der Waals surface area contributed by atoms with Crippen LogP contribution >= 0.6 is 0 Å². The fourth-order valence-electron chi connectivity index (χ4n) is 2.48. The van der Waals surface area contributed by atoms with Crippen LogP contribution in [0.15, 0.2) is 42.6 Å². The van der Waals surface area contributed by atoms with Gasteiger partial charge in [0.2, 0.25) is 0 Å². The number of hydrogen-bond donors (Lipinski definition) is 0. The average Bonchev–Trinajstić information content (AvgIpc) is 2.78. The second-order valence-electron chi connectivity index (χ2n) is 4.56. The minimum atomic E-state index is 0.883. The molecule has 0 radical (unpaired) electrons. The van der Waals surface area contributed by atoms with Gasteiger partial charge in [-0.15, -0.1) is 0 Å². The molecule has 2 aromatic rings. The minimum absolute atomic E-state index is 0.883. The molecule has 0 spiro atoms. The normalized spacial score (nSPS) is 13.9. The van der Waals surface area contributed by atoms with E-state index in [2.05, 4.69) is 59.0 Å². The summed E-state index contributed by atoms with van der Waals surface area (Å²) in [5, 5.41) is 0. The fraction of sp³-hybridized carbons (Fsp3) is 0.267. The SMILES string of the molecule is CCN1CN(c2ccccc2C)c2cccnc21. The van der Waals surface area contributed by atoms with Gasteiger partial charge in [0.1, 0.15) is 0 Å². The van der Waals surface area contributed by atoms with Gasteiger partial charge in [-0.25, -0.2) is 4.98 Å². The van der Waals surface area contributed by atoms with E-state index in [1.807, 2.05) is 12.3 Å². The van der Waals surface area contributed by atoms with Gasteiger partial charge in [0.15, 0.2) is 5.82 Å². The Morgan fingerprint density at radius 3 is 2.67 bits per heavy atom. The molecular formula is C15H17N3. The molecule has 0 bridgehead atoms. The molecule has 0 saturated carbocycles. The molecule has 0 atom stereocenters. The number of pyridine rings is 1. The molecule has 0 fully saturated rings. The summed E-state index contributed by atoms with van der Waals surface area (Å²) in [7, 11) is 0. The summed E-state index contributed by atoms with van der Waals surface area (Å²) in [6.45, 7) is 6.18. The van der Waals surface area contributed by atoms with Gasteiger partial charge >= 0.3 is 0 Å². The Morgan fingerprint density at radius 2 is 1.89 bits per heavy atom. The first-order chi connectivity index (χ1) is 8.81. The van der Waals surface area contributed by atoms with Crippen molar-refractivity contribution in [1.82, 2.24) is 4.98 Å². The van der Waals surface area contributed by atoms with E-state index in [9.17, 15) is 0 Å². The molecule has 0 N–H and O–H groups in total. The van der Waals surface area contributed by atoms with Crippen molar-refractivity contribution in [2.45, 2.75) is 13.8 Å². The highest BCUT2D eigenvalue weighted by Crippen LogP contribution is 2.39. The number of benzene rings is 1. The summed E-state index contributed by atoms with van der Waals surface area (Å²) in [4.78, 5) is 9.13. The Kier molecular flexibility index (Phi) is 2.67. The Balaban J connectivity index is 2.09. The molecule has 0 unspecified atom stereocenters. The molecule has 92 valence electrons. The van der Waals surface area contributed by atoms with Gasteiger partial charge in [-0.3, -0.25) is 0 Å². The molecule has 2 heterocycles. The summed E-state index contributed by atoms with van der Waals surface area (Å²) < 4.78 is 0. The number of anilines is 3. The third kappa shape index (κ3) is 1.63. The Hall–Kier alpha value is -2.03. The van der Waals surface area contributed by atoms with Crippen LogP contribution in [0.5, 0.6) is 0 Å². The summed E-state index contributed by atoms with van der Waals surface area (Å²) >= 11 is 0. The van der Waals surface area contributed by atoms with Crippen LogP contribution in [0.3, 0.4) is 0 Å². The highest BCUT2D eigenvalue weighted by molar-refractivity contribution is 5.80. The number of aromatic nitrogens is 1. The van der Waals surface area contributed by atoms with Crippen molar-refractivity contribution in [2.24, 2.45) is 0 Å². The van der Waals surface area contributed by atoms with Crippen LogP contribution in [0.25, 0.3) is 0 Å². The van der Waals surface area contributed by atoms with E-state index < -0.39 is 0 Å². The molecule has 0 aliphatic carbocycles. The van der Waals surface area contributed by atoms with Crippen LogP contribution in [-0.4, -0.2) is 18.2 Å². The van der Waals surface area contributed by atoms with E-state index in [0.29, 0.717) is 0 Å². The standard InChI is InChI=1S/C15H17N3/c1-3-17-11-18(13-8-5-4-7-12(13)2)14-9-6-10-16-15(14)17/h4-10H,3,11H2,1-2H3. The van der Waals surface area contributed by atoms with Gasteiger partial charge in [-0.2, -0.15) is 0 Å². The summed E-state index contributed by atoms with van der Waals surface area (Å²) in [5.41, 5.74) is 3.77. The lowest BCUT2D eigenvalue weighted by Gasteiger charge is -2.22. The van der Waals surface area contributed by atoms with E-state index >= 15 is 0 Å². The van der Waals surface area contributed by atoms with Crippen LogP contribution in [0.1, 0.15) is 12.5 Å².